The molecule has 1 amide bonds. The number of nitrogens with zero attached hydrogens (tertiary/aromatic N) is 2. The van der Waals surface area contributed by atoms with Gasteiger partial charge in [-0.05, 0) is 37.0 Å². The van der Waals surface area contributed by atoms with Gasteiger partial charge in [-0.25, -0.2) is 0 Å². The first kappa shape index (κ1) is 19.0. The lowest BCUT2D eigenvalue weighted by molar-refractivity contribution is -0.187. The standard InChI is InChI=1S/C22H28N4O3/c1-15(26-6-4-22(5-7-26)28-8-9-29-22)10-16-2-3-19-18(11-16)21(20(27)25-19)12-17(13-23)24-14-21/h2-3,11,15,17,24H,4-10,12,14H2,1H3,(H,25,27). The summed E-state index contributed by atoms with van der Waals surface area (Å²) in [5, 5.41) is 15.5. The first-order valence-electron chi connectivity index (χ1n) is 10.6. The lowest BCUT2D eigenvalue weighted by Gasteiger charge is -2.40. The predicted octanol–water partition coefficient (Wildman–Crippen LogP) is 1.53. The first-order valence-corrected chi connectivity index (χ1v) is 10.6. The highest BCUT2D eigenvalue weighted by atomic mass is 16.7. The lowest BCUT2D eigenvalue weighted by Crippen LogP contribution is -2.48. The molecule has 0 radical (unpaired) electrons. The molecule has 3 unspecified atom stereocenters. The molecule has 3 fully saturated rings. The molecule has 29 heavy (non-hydrogen) atoms. The smallest absolute Gasteiger partial charge is 0.236 e. The number of piperidine rings is 1. The minimum Gasteiger partial charge on any atom is -0.347 e. The van der Waals surface area contributed by atoms with Crippen LogP contribution < -0.4 is 10.6 Å². The first-order chi connectivity index (χ1) is 14.0. The Balaban J connectivity index is 1.29. The van der Waals surface area contributed by atoms with E-state index < -0.39 is 5.41 Å². The number of nitrogens with one attached hydrogen (secondary N) is 2. The number of hydrogen-bond acceptors (Lipinski definition) is 6. The van der Waals surface area contributed by atoms with Crippen LogP contribution in [0.3, 0.4) is 0 Å². The molecule has 7 nitrogen and oxygen atoms in total. The van der Waals surface area contributed by atoms with Crippen molar-refractivity contribution in [2.45, 2.75) is 55.9 Å². The van der Waals surface area contributed by atoms with Crippen LogP contribution in [-0.4, -0.2) is 61.5 Å². The maximum absolute atomic E-state index is 12.7. The average Bonchev–Trinajstić information content (AvgIpc) is 3.43. The normalized spacial score (nSPS) is 31.7. The van der Waals surface area contributed by atoms with Crippen LogP contribution in [0.1, 0.15) is 37.3 Å². The van der Waals surface area contributed by atoms with Gasteiger partial charge in [-0.15, -0.1) is 0 Å². The number of fused-ring (bicyclic) bond motifs is 2. The van der Waals surface area contributed by atoms with Crippen molar-refractivity contribution in [1.82, 2.24) is 10.2 Å². The summed E-state index contributed by atoms with van der Waals surface area (Å²) in [4.78, 5) is 15.2. The number of nitriles is 1. The van der Waals surface area contributed by atoms with E-state index in [0.717, 1.165) is 43.6 Å². The molecular weight excluding hydrogens is 368 g/mol. The summed E-state index contributed by atoms with van der Waals surface area (Å²) in [6, 6.07) is 8.72. The Hall–Kier alpha value is -1.98. The lowest BCUT2D eigenvalue weighted by atomic mass is 9.79. The van der Waals surface area contributed by atoms with Gasteiger partial charge in [0.15, 0.2) is 5.79 Å². The van der Waals surface area contributed by atoms with Crippen LogP contribution in [0, 0.1) is 11.3 Å². The molecule has 2 N–H and O–H groups in total. The second kappa shape index (κ2) is 7.06. The molecule has 0 saturated carbocycles. The van der Waals surface area contributed by atoms with Crippen LogP contribution >= 0.6 is 0 Å². The van der Waals surface area contributed by atoms with Crippen LogP contribution in [0.5, 0.6) is 0 Å². The summed E-state index contributed by atoms with van der Waals surface area (Å²) in [5.74, 6) is -0.324. The molecular formula is C22H28N4O3. The molecule has 0 aliphatic carbocycles. The Labute approximate surface area is 171 Å². The fourth-order valence-corrected chi connectivity index (χ4v) is 5.41. The zero-order chi connectivity index (χ0) is 20.1. The van der Waals surface area contributed by atoms with Crippen molar-refractivity contribution < 1.29 is 14.3 Å². The van der Waals surface area contributed by atoms with E-state index in [-0.39, 0.29) is 17.7 Å². The Morgan fingerprint density at radius 1 is 1.31 bits per heavy atom. The van der Waals surface area contributed by atoms with Crippen molar-refractivity contribution >= 4 is 11.6 Å². The second-order valence-corrected chi connectivity index (χ2v) is 8.88. The minimum atomic E-state index is -0.608. The molecule has 4 aliphatic rings. The van der Waals surface area contributed by atoms with Gasteiger partial charge in [-0.3, -0.25) is 9.69 Å². The van der Waals surface area contributed by atoms with Crippen molar-refractivity contribution in [3.63, 3.8) is 0 Å². The third-order valence-electron chi connectivity index (χ3n) is 7.17. The van der Waals surface area contributed by atoms with E-state index >= 15 is 0 Å². The highest BCUT2D eigenvalue weighted by Crippen LogP contribution is 2.44. The van der Waals surface area contributed by atoms with Gasteiger partial charge in [0, 0.05) is 44.2 Å². The predicted molar refractivity (Wildman–Crippen MR) is 107 cm³/mol. The van der Waals surface area contributed by atoms with E-state index in [4.69, 9.17) is 9.47 Å². The number of carbonyl (C=O) groups is 1. The van der Waals surface area contributed by atoms with Gasteiger partial charge in [0.1, 0.15) is 0 Å². The molecule has 3 atom stereocenters. The number of amides is 1. The third-order valence-corrected chi connectivity index (χ3v) is 7.17. The van der Waals surface area contributed by atoms with Crippen LogP contribution in [0.25, 0.3) is 0 Å². The fourth-order valence-electron chi connectivity index (χ4n) is 5.41. The molecule has 154 valence electrons. The van der Waals surface area contributed by atoms with Gasteiger partial charge in [-0.1, -0.05) is 12.1 Å². The summed E-state index contributed by atoms with van der Waals surface area (Å²) in [6.07, 6.45) is 3.31. The van der Waals surface area contributed by atoms with Gasteiger partial charge in [0.05, 0.1) is 30.7 Å². The number of likely N-dealkylation sites (tertiary alicyclic amines) is 1. The highest BCUT2D eigenvalue weighted by Gasteiger charge is 2.51. The van der Waals surface area contributed by atoms with E-state index in [0.29, 0.717) is 32.2 Å². The largest absolute Gasteiger partial charge is 0.347 e. The zero-order valence-corrected chi connectivity index (χ0v) is 16.9. The average molecular weight is 396 g/mol. The van der Waals surface area contributed by atoms with Gasteiger partial charge in [0.25, 0.3) is 0 Å². The quantitative estimate of drug-likeness (QED) is 0.806. The molecule has 4 heterocycles. The molecule has 2 spiro atoms. The topological polar surface area (TPSA) is 86.6 Å². The van der Waals surface area contributed by atoms with Crippen molar-refractivity contribution in [1.29, 1.82) is 5.26 Å². The molecule has 0 bridgehead atoms. The number of hydrogen-bond donors (Lipinski definition) is 2. The Kier molecular flexibility index (Phi) is 4.63. The minimum absolute atomic E-state index is 0.0147. The molecule has 7 heteroatoms. The number of anilines is 1. The van der Waals surface area contributed by atoms with E-state index in [9.17, 15) is 10.1 Å². The number of benzene rings is 1. The summed E-state index contributed by atoms with van der Waals surface area (Å²) in [6.45, 7) is 6.16. The summed E-state index contributed by atoms with van der Waals surface area (Å²) < 4.78 is 11.7. The van der Waals surface area contributed by atoms with Crippen molar-refractivity contribution in [3.05, 3.63) is 29.3 Å². The Morgan fingerprint density at radius 3 is 2.76 bits per heavy atom. The maximum atomic E-state index is 12.7. The number of carbonyl (C=O) groups excluding carboxylic acids is 1. The van der Waals surface area contributed by atoms with Crippen LogP contribution in [0.4, 0.5) is 5.69 Å². The van der Waals surface area contributed by atoms with E-state index in [1.54, 1.807) is 0 Å². The van der Waals surface area contributed by atoms with E-state index in [2.05, 4.69) is 40.7 Å². The van der Waals surface area contributed by atoms with Crippen LogP contribution in [0.2, 0.25) is 0 Å². The molecule has 4 aliphatic heterocycles. The van der Waals surface area contributed by atoms with Crippen molar-refractivity contribution in [2.24, 2.45) is 0 Å². The van der Waals surface area contributed by atoms with Crippen LogP contribution in [0.15, 0.2) is 18.2 Å². The summed E-state index contributed by atoms with van der Waals surface area (Å²) in [5.41, 5.74) is 2.56. The van der Waals surface area contributed by atoms with Gasteiger partial charge >= 0.3 is 0 Å². The molecule has 0 aromatic heterocycles. The van der Waals surface area contributed by atoms with Gasteiger partial charge in [-0.2, -0.15) is 5.26 Å². The van der Waals surface area contributed by atoms with Crippen molar-refractivity contribution in [3.8, 4) is 6.07 Å². The van der Waals surface area contributed by atoms with Gasteiger partial charge < -0.3 is 20.1 Å². The fraction of sp³-hybridized carbons (Fsp3) is 0.636. The number of ether oxygens (including phenoxy) is 2. The third kappa shape index (κ3) is 3.15. The van der Waals surface area contributed by atoms with Crippen molar-refractivity contribution in [2.75, 3.05) is 38.2 Å². The van der Waals surface area contributed by atoms with E-state index in [1.165, 1.54) is 5.56 Å². The molecule has 3 saturated heterocycles. The maximum Gasteiger partial charge on any atom is 0.236 e. The SMILES string of the molecule is CC(Cc1ccc2c(c1)C1(CNC(C#N)C1)C(=O)N2)N1CCC2(CC1)OCCO2. The molecule has 1 aromatic carbocycles. The molecule has 1 aromatic rings. The molecule has 5 rings (SSSR count). The second-order valence-electron chi connectivity index (χ2n) is 8.88. The zero-order valence-electron chi connectivity index (χ0n) is 16.9. The Bertz CT molecular complexity index is 850. The highest BCUT2D eigenvalue weighted by molar-refractivity contribution is 6.07. The van der Waals surface area contributed by atoms with E-state index in [1.807, 2.05) is 6.07 Å². The number of rotatable bonds is 3. The summed E-state index contributed by atoms with van der Waals surface area (Å²) in [7, 11) is 0. The summed E-state index contributed by atoms with van der Waals surface area (Å²) >= 11 is 0. The van der Waals surface area contributed by atoms with Gasteiger partial charge in [0.2, 0.25) is 5.91 Å². The monoisotopic (exact) mass is 396 g/mol. The van der Waals surface area contributed by atoms with Crippen LogP contribution in [-0.2, 0) is 26.1 Å². The Morgan fingerprint density at radius 2 is 2.07 bits per heavy atom.